The molecule has 0 aliphatic heterocycles. The molecule has 0 atom stereocenters. The normalized spacial score (nSPS) is 10.9. The highest BCUT2D eigenvalue weighted by Gasteiger charge is 2.05. The Kier molecular flexibility index (Phi) is 3.10. The second kappa shape index (κ2) is 3.93. The van der Waals surface area contributed by atoms with Gasteiger partial charge in [0.05, 0.1) is 6.61 Å². The zero-order valence-electron chi connectivity index (χ0n) is 8.89. The number of rotatable bonds is 2. The van der Waals surface area contributed by atoms with Crippen molar-refractivity contribution in [1.82, 2.24) is 0 Å². The summed E-state index contributed by atoms with van der Waals surface area (Å²) in [4.78, 5) is 0. The van der Waals surface area contributed by atoms with Gasteiger partial charge < -0.3 is 5.11 Å². The van der Waals surface area contributed by atoms with E-state index in [1.807, 2.05) is 0 Å². The third kappa shape index (κ3) is 2.10. The van der Waals surface area contributed by atoms with E-state index in [0.29, 0.717) is 5.92 Å². The Balaban J connectivity index is 3.20. The van der Waals surface area contributed by atoms with Crippen molar-refractivity contribution in [3.8, 4) is 0 Å². The van der Waals surface area contributed by atoms with Gasteiger partial charge in [-0.2, -0.15) is 0 Å². The van der Waals surface area contributed by atoms with Gasteiger partial charge in [0.15, 0.2) is 0 Å². The molecule has 0 aliphatic rings. The van der Waals surface area contributed by atoms with Crippen LogP contribution in [0.2, 0.25) is 0 Å². The largest absolute Gasteiger partial charge is 0.392 e. The summed E-state index contributed by atoms with van der Waals surface area (Å²) in [6.07, 6.45) is 0. The molecule has 0 spiro atoms. The van der Waals surface area contributed by atoms with Crippen LogP contribution in [0.25, 0.3) is 0 Å². The summed E-state index contributed by atoms with van der Waals surface area (Å²) in [6.45, 7) is 8.64. The minimum atomic E-state index is 0.149. The lowest BCUT2D eigenvalue weighted by Gasteiger charge is -2.12. The van der Waals surface area contributed by atoms with Crippen molar-refractivity contribution in [1.29, 1.82) is 0 Å². The number of benzene rings is 1. The van der Waals surface area contributed by atoms with Gasteiger partial charge in [-0.1, -0.05) is 26.0 Å². The van der Waals surface area contributed by atoms with E-state index < -0.39 is 0 Å². The van der Waals surface area contributed by atoms with E-state index in [-0.39, 0.29) is 6.61 Å². The van der Waals surface area contributed by atoms with Crippen LogP contribution >= 0.6 is 0 Å². The molecule has 1 heteroatoms. The Morgan fingerprint density at radius 2 is 1.62 bits per heavy atom. The van der Waals surface area contributed by atoms with Crippen LogP contribution in [0, 0.1) is 13.8 Å². The summed E-state index contributed by atoms with van der Waals surface area (Å²) in [7, 11) is 0. The molecule has 0 saturated carbocycles. The maximum absolute atomic E-state index is 9.13. The third-order valence-corrected chi connectivity index (χ3v) is 2.54. The van der Waals surface area contributed by atoms with Crippen LogP contribution in [-0.2, 0) is 6.61 Å². The number of aryl methyl sites for hydroxylation is 2. The second-order valence-corrected chi connectivity index (χ2v) is 3.95. The Morgan fingerprint density at radius 1 is 1.15 bits per heavy atom. The summed E-state index contributed by atoms with van der Waals surface area (Å²) in [5.41, 5.74) is 4.83. The molecule has 1 aromatic rings. The van der Waals surface area contributed by atoms with Gasteiger partial charge in [-0.25, -0.2) is 0 Å². The van der Waals surface area contributed by atoms with Crippen LogP contribution in [-0.4, -0.2) is 5.11 Å². The Labute approximate surface area is 80.4 Å². The first kappa shape index (κ1) is 10.3. The molecule has 0 bridgehead atoms. The molecule has 0 radical (unpaired) electrons. The molecule has 0 aromatic heterocycles. The lowest BCUT2D eigenvalue weighted by Crippen LogP contribution is -1.97. The van der Waals surface area contributed by atoms with Gasteiger partial charge >= 0.3 is 0 Å². The van der Waals surface area contributed by atoms with Gasteiger partial charge in [0.25, 0.3) is 0 Å². The molecule has 0 heterocycles. The number of hydrogen-bond donors (Lipinski definition) is 1. The molecule has 1 aromatic carbocycles. The van der Waals surface area contributed by atoms with Crippen molar-refractivity contribution >= 4 is 0 Å². The highest BCUT2D eigenvalue weighted by atomic mass is 16.3. The van der Waals surface area contributed by atoms with Crippen molar-refractivity contribution in [3.05, 3.63) is 34.4 Å². The SMILES string of the molecule is Cc1cc(C(C)C)cc(C)c1CO. The fourth-order valence-corrected chi connectivity index (χ4v) is 1.61. The molecular weight excluding hydrogens is 160 g/mol. The first-order valence-electron chi connectivity index (χ1n) is 4.77. The smallest absolute Gasteiger partial charge is 0.0686 e. The molecule has 72 valence electrons. The average Bonchev–Trinajstić information content (AvgIpc) is 2.03. The van der Waals surface area contributed by atoms with Crippen molar-refractivity contribution in [2.24, 2.45) is 0 Å². The quantitative estimate of drug-likeness (QED) is 0.738. The molecule has 0 amide bonds. The van der Waals surface area contributed by atoms with Gasteiger partial charge in [0.2, 0.25) is 0 Å². The van der Waals surface area contributed by atoms with Crippen molar-refractivity contribution in [3.63, 3.8) is 0 Å². The Bertz CT molecular complexity index is 277. The van der Waals surface area contributed by atoms with Crippen molar-refractivity contribution < 1.29 is 5.11 Å². The fraction of sp³-hybridized carbons (Fsp3) is 0.500. The topological polar surface area (TPSA) is 20.2 Å². The van der Waals surface area contributed by atoms with Crippen LogP contribution in [0.5, 0.6) is 0 Å². The molecular formula is C12H18O. The molecule has 1 N–H and O–H groups in total. The molecule has 0 fully saturated rings. The maximum Gasteiger partial charge on any atom is 0.0686 e. The van der Waals surface area contributed by atoms with Crippen LogP contribution < -0.4 is 0 Å². The van der Waals surface area contributed by atoms with Gasteiger partial charge in [0.1, 0.15) is 0 Å². The number of aliphatic hydroxyl groups excluding tert-OH is 1. The van der Waals surface area contributed by atoms with E-state index in [4.69, 9.17) is 5.11 Å². The zero-order chi connectivity index (χ0) is 10.0. The van der Waals surface area contributed by atoms with Crippen LogP contribution in [0.15, 0.2) is 12.1 Å². The minimum absolute atomic E-state index is 0.149. The summed E-state index contributed by atoms with van der Waals surface area (Å²) in [6, 6.07) is 4.34. The molecule has 0 aliphatic carbocycles. The lowest BCUT2D eigenvalue weighted by atomic mass is 9.94. The van der Waals surface area contributed by atoms with E-state index in [1.165, 1.54) is 16.7 Å². The van der Waals surface area contributed by atoms with E-state index in [2.05, 4.69) is 39.8 Å². The fourth-order valence-electron chi connectivity index (χ4n) is 1.61. The summed E-state index contributed by atoms with van der Waals surface area (Å²) in [5, 5.41) is 9.13. The molecule has 1 rings (SSSR count). The van der Waals surface area contributed by atoms with Crippen molar-refractivity contribution in [2.75, 3.05) is 0 Å². The average molecular weight is 178 g/mol. The first-order valence-corrected chi connectivity index (χ1v) is 4.77. The Morgan fingerprint density at radius 3 is 1.92 bits per heavy atom. The predicted octanol–water partition coefficient (Wildman–Crippen LogP) is 2.92. The van der Waals surface area contributed by atoms with Gasteiger partial charge in [-0.05, 0) is 42.0 Å². The molecule has 0 unspecified atom stereocenters. The molecule has 13 heavy (non-hydrogen) atoms. The minimum Gasteiger partial charge on any atom is -0.392 e. The molecule has 0 saturated heterocycles. The van der Waals surface area contributed by atoms with Crippen LogP contribution in [0.4, 0.5) is 0 Å². The summed E-state index contributed by atoms with van der Waals surface area (Å²) in [5.74, 6) is 0.560. The second-order valence-electron chi connectivity index (χ2n) is 3.95. The monoisotopic (exact) mass is 178 g/mol. The number of hydrogen-bond acceptors (Lipinski definition) is 1. The van der Waals surface area contributed by atoms with E-state index >= 15 is 0 Å². The standard InChI is InChI=1S/C12H18O/c1-8(2)11-5-9(3)12(7-13)10(4)6-11/h5-6,8,13H,7H2,1-4H3. The van der Waals surface area contributed by atoms with E-state index in [9.17, 15) is 0 Å². The highest BCUT2D eigenvalue weighted by Crippen LogP contribution is 2.21. The third-order valence-electron chi connectivity index (χ3n) is 2.54. The zero-order valence-corrected chi connectivity index (χ0v) is 8.89. The van der Waals surface area contributed by atoms with Gasteiger partial charge in [-0.15, -0.1) is 0 Å². The van der Waals surface area contributed by atoms with E-state index in [1.54, 1.807) is 0 Å². The van der Waals surface area contributed by atoms with Gasteiger partial charge in [0, 0.05) is 0 Å². The van der Waals surface area contributed by atoms with E-state index in [0.717, 1.165) is 5.56 Å². The first-order chi connectivity index (χ1) is 6.06. The highest BCUT2D eigenvalue weighted by molar-refractivity contribution is 5.38. The molecule has 1 nitrogen and oxygen atoms in total. The summed E-state index contributed by atoms with van der Waals surface area (Å²) >= 11 is 0. The number of aliphatic hydroxyl groups is 1. The van der Waals surface area contributed by atoms with Crippen molar-refractivity contribution in [2.45, 2.75) is 40.2 Å². The van der Waals surface area contributed by atoms with Crippen LogP contribution in [0.1, 0.15) is 42.0 Å². The van der Waals surface area contributed by atoms with Crippen LogP contribution in [0.3, 0.4) is 0 Å². The predicted molar refractivity (Wildman–Crippen MR) is 55.9 cm³/mol. The Hall–Kier alpha value is -0.820. The lowest BCUT2D eigenvalue weighted by molar-refractivity contribution is 0.280. The summed E-state index contributed by atoms with van der Waals surface area (Å²) < 4.78 is 0. The maximum atomic E-state index is 9.13. The van der Waals surface area contributed by atoms with Gasteiger partial charge in [-0.3, -0.25) is 0 Å².